The first-order valence-electron chi connectivity index (χ1n) is 12.8. The number of ether oxygens (including phenoxy) is 1. The molecule has 0 bridgehead atoms. The topological polar surface area (TPSA) is 96.0 Å². The number of nitrogens with one attached hydrogen (secondary N) is 1. The van der Waals surface area contributed by atoms with Gasteiger partial charge in [-0.3, -0.25) is 13.9 Å². The largest absolute Gasteiger partial charge is 0.489 e. The maximum absolute atomic E-state index is 13.8. The number of halogens is 2. The zero-order valence-electron chi connectivity index (χ0n) is 22.6. The van der Waals surface area contributed by atoms with Crippen LogP contribution in [-0.4, -0.2) is 50.5 Å². The van der Waals surface area contributed by atoms with Crippen LogP contribution in [0.2, 0.25) is 10.0 Å². The van der Waals surface area contributed by atoms with E-state index in [2.05, 4.69) is 5.32 Å². The molecule has 1 unspecified atom stereocenters. The fourth-order valence-electron chi connectivity index (χ4n) is 4.13. The number of rotatable bonds is 13. The molecule has 11 heteroatoms. The zero-order valence-corrected chi connectivity index (χ0v) is 25.0. The molecule has 0 aliphatic heterocycles. The summed E-state index contributed by atoms with van der Waals surface area (Å²) >= 11 is 12.8. The van der Waals surface area contributed by atoms with E-state index in [9.17, 15) is 18.0 Å². The fourth-order valence-corrected chi connectivity index (χ4v) is 5.50. The summed E-state index contributed by atoms with van der Waals surface area (Å²) in [6.45, 7) is 3.68. The molecule has 0 radical (unpaired) electrons. The van der Waals surface area contributed by atoms with Crippen LogP contribution in [0.4, 0.5) is 5.69 Å². The average molecular weight is 607 g/mol. The Labute approximate surface area is 245 Å². The van der Waals surface area contributed by atoms with Crippen LogP contribution < -0.4 is 14.4 Å². The Morgan fingerprint density at radius 1 is 0.925 bits per heavy atom. The van der Waals surface area contributed by atoms with Crippen LogP contribution in [0.5, 0.6) is 5.75 Å². The van der Waals surface area contributed by atoms with Crippen LogP contribution in [0.3, 0.4) is 0 Å². The molecule has 0 heterocycles. The Bertz CT molecular complexity index is 1380. The van der Waals surface area contributed by atoms with Crippen LogP contribution in [0.15, 0.2) is 72.8 Å². The minimum absolute atomic E-state index is 0.0726. The second-order valence-corrected chi connectivity index (χ2v) is 11.8. The highest BCUT2D eigenvalue weighted by molar-refractivity contribution is 7.92. The van der Waals surface area contributed by atoms with Gasteiger partial charge >= 0.3 is 0 Å². The second kappa shape index (κ2) is 14.4. The minimum atomic E-state index is -3.87. The van der Waals surface area contributed by atoms with Gasteiger partial charge in [0.05, 0.1) is 11.9 Å². The summed E-state index contributed by atoms with van der Waals surface area (Å²) < 4.78 is 32.5. The molecular weight excluding hydrogens is 573 g/mol. The first-order chi connectivity index (χ1) is 19.0. The Morgan fingerprint density at radius 2 is 1.55 bits per heavy atom. The number of likely N-dealkylation sites (N-methyl/N-ethyl adjacent to an activating group) is 1. The van der Waals surface area contributed by atoms with Gasteiger partial charge in [0.15, 0.2) is 0 Å². The van der Waals surface area contributed by atoms with Gasteiger partial charge in [-0.25, -0.2) is 8.42 Å². The summed E-state index contributed by atoms with van der Waals surface area (Å²) in [6.07, 6.45) is 1.32. The molecule has 0 aliphatic rings. The molecule has 0 aliphatic carbocycles. The van der Waals surface area contributed by atoms with E-state index in [1.165, 1.54) is 4.90 Å². The molecule has 0 fully saturated rings. The molecule has 2 amide bonds. The van der Waals surface area contributed by atoms with E-state index >= 15 is 0 Å². The van der Waals surface area contributed by atoms with Gasteiger partial charge in [-0.1, -0.05) is 66.5 Å². The standard InChI is InChI=1S/C29H33Cl2N3O5S/c1-4-27(29(36)32-5-2)33(18-24-25(30)12-9-13-26(24)31)28(35)19-34(40(3,37)38)22-14-16-23(17-15-22)39-20-21-10-7-6-8-11-21/h6-17,27H,4-5,18-20H2,1-3H3,(H,32,36). The van der Waals surface area contributed by atoms with Crippen molar-refractivity contribution in [2.45, 2.75) is 39.5 Å². The van der Waals surface area contributed by atoms with E-state index in [1.807, 2.05) is 30.3 Å². The number of benzene rings is 3. The lowest BCUT2D eigenvalue weighted by Crippen LogP contribution is -2.52. The Kier molecular flexibility index (Phi) is 11.2. The Morgan fingerprint density at radius 3 is 2.10 bits per heavy atom. The van der Waals surface area contributed by atoms with Gasteiger partial charge in [0, 0.05) is 28.7 Å². The van der Waals surface area contributed by atoms with E-state index < -0.39 is 28.5 Å². The summed E-state index contributed by atoms with van der Waals surface area (Å²) in [6, 6.07) is 20.2. The van der Waals surface area contributed by atoms with Crippen molar-refractivity contribution in [1.82, 2.24) is 10.2 Å². The van der Waals surface area contributed by atoms with Crippen molar-refractivity contribution < 1.29 is 22.7 Å². The molecule has 0 saturated carbocycles. The average Bonchev–Trinajstić information content (AvgIpc) is 2.92. The highest BCUT2D eigenvalue weighted by Crippen LogP contribution is 2.28. The van der Waals surface area contributed by atoms with E-state index in [-0.39, 0.29) is 18.1 Å². The van der Waals surface area contributed by atoms with E-state index in [1.54, 1.807) is 56.3 Å². The first-order valence-corrected chi connectivity index (χ1v) is 15.4. The molecule has 1 atom stereocenters. The number of sulfonamides is 1. The van der Waals surface area contributed by atoms with Crippen molar-refractivity contribution in [1.29, 1.82) is 0 Å². The van der Waals surface area contributed by atoms with E-state index in [0.717, 1.165) is 16.1 Å². The molecule has 1 N–H and O–H groups in total. The third kappa shape index (κ3) is 8.36. The molecular formula is C29H33Cl2N3O5S. The first kappa shape index (κ1) is 31.3. The lowest BCUT2D eigenvalue weighted by Gasteiger charge is -2.33. The molecule has 0 spiro atoms. The molecule has 8 nitrogen and oxygen atoms in total. The summed E-state index contributed by atoms with van der Waals surface area (Å²) in [4.78, 5) is 28.0. The highest BCUT2D eigenvalue weighted by atomic mass is 35.5. The monoisotopic (exact) mass is 605 g/mol. The SMILES string of the molecule is CCNC(=O)C(CC)N(Cc1c(Cl)cccc1Cl)C(=O)CN(c1ccc(OCc2ccccc2)cc1)S(C)(=O)=O. The van der Waals surface area contributed by atoms with Crippen molar-refractivity contribution in [3.8, 4) is 5.75 Å². The smallest absolute Gasteiger partial charge is 0.244 e. The number of nitrogens with zero attached hydrogens (tertiary/aromatic N) is 2. The number of hydrogen-bond acceptors (Lipinski definition) is 5. The summed E-state index contributed by atoms with van der Waals surface area (Å²) in [5.41, 5.74) is 1.74. The van der Waals surface area contributed by atoms with Gasteiger partial charge in [0.25, 0.3) is 0 Å². The van der Waals surface area contributed by atoms with Crippen LogP contribution in [-0.2, 0) is 32.8 Å². The van der Waals surface area contributed by atoms with Gasteiger partial charge in [-0.15, -0.1) is 0 Å². The summed E-state index contributed by atoms with van der Waals surface area (Å²) in [5, 5.41) is 3.42. The van der Waals surface area contributed by atoms with Crippen molar-refractivity contribution in [2.75, 3.05) is 23.7 Å². The fraction of sp³-hybridized carbons (Fsp3) is 0.310. The van der Waals surface area contributed by atoms with Gasteiger partial charge in [-0.05, 0) is 55.3 Å². The van der Waals surface area contributed by atoms with Crippen LogP contribution >= 0.6 is 23.2 Å². The number of carbonyl (C=O) groups is 2. The number of anilines is 1. The van der Waals surface area contributed by atoms with Crippen molar-refractivity contribution in [3.63, 3.8) is 0 Å². The third-order valence-electron chi connectivity index (χ3n) is 6.18. The Balaban J connectivity index is 1.88. The van der Waals surface area contributed by atoms with Crippen molar-refractivity contribution in [2.24, 2.45) is 0 Å². The van der Waals surface area contributed by atoms with Gasteiger partial charge in [-0.2, -0.15) is 0 Å². The Hall–Kier alpha value is -3.27. The molecule has 3 aromatic carbocycles. The van der Waals surface area contributed by atoms with Crippen molar-refractivity contribution >= 4 is 50.7 Å². The number of amides is 2. The summed E-state index contributed by atoms with van der Waals surface area (Å²) in [5.74, 6) is -0.388. The quantitative estimate of drug-likeness (QED) is 0.286. The number of carbonyl (C=O) groups excluding carboxylic acids is 2. The zero-order chi connectivity index (χ0) is 29.3. The predicted octanol–water partition coefficient (Wildman–Crippen LogP) is 5.28. The minimum Gasteiger partial charge on any atom is -0.489 e. The van der Waals surface area contributed by atoms with Gasteiger partial charge in [0.2, 0.25) is 21.8 Å². The lowest BCUT2D eigenvalue weighted by atomic mass is 10.1. The van der Waals surface area contributed by atoms with Crippen LogP contribution in [0, 0.1) is 0 Å². The maximum atomic E-state index is 13.8. The molecule has 40 heavy (non-hydrogen) atoms. The second-order valence-electron chi connectivity index (χ2n) is 9.08. The van der Waals surface area contributed by atoms with Gasteiger partial charge in [0.1, 0.15) is 24.9 Å². The molecule has 0 aromatic heterocycles. The van der Waals surface area contributed by atoms with E-state index in [4.69, 9.17) is 27.9 Å². The molecule has 3 rings (SSSR count). The number of hydrogen-bond donors (Lipinski definition) is 1. The predicted molar refractivity (Wildman–Crippen MR) is 159 cm³/mol. The molecule has 0 saturated heterocycles. The van der Waals surface area contributed by atoms with Crippen molar-refractivity contribution in [3.05, 3.63) is 94.0 Å². The van der Waals surface area contributed by atoms with Crippen LogP contribution in [0.1, 0.15) is 31.4 Å². The molecule has 3 aromatic rings. The summed E-state index contributed by atoms with van der Waals surface area (Å²) in [7, 11) is -3.87. The maximum Gasteiger partial charge on any atom is 0.244 e. The lowest BCUT2D eigenvalue weighted by molar-refractivity contribution is -0.140. The molecule has 214 valence electrons. The third-order valence-corrected chi connectivity index (χ3v) is 8.03. The van der Waals surface area contributed by atoms with Crippen LogP contribution in [0.25, 0.3) is 0 Å². The normalized spacial score (nSPS) is 11.9. The highest BCUT2D eigenvalue weighted by Gasteiger charge is 2.32. The van der Waals surface area contributed by atoms with Gasteiger partial charge < -0.3 is 15.0 Å². The van der Waals surface area contributed by atoms with E-state index in [0.29, 0.717) is 40.9 Å².